The molecule has 1 saturated heterocycles. The predicted molar refractivity (Wildman–Crippen MR) is 194 cm³/mol. The number of hydrogen-bond donors (Lipinski definition) is 1. The van der Waals surface area contributed by atoms with Crippen molar-refractivity contribution in [1.29, 1.82) is 5.26 Å². The maximum atomic E-state index is 14.1. The summed E-state index contributed by atoms with van der Waals surface area (Å²) < 4.78 is 51.8. The fourth-order valence-electron chi connectivity index (χ4n) is 5.82. The smallest absolute Gasteiger partial charge is 0.389 e. The number of aromatic amines is 1. The normalized spacial score (nSPS) is 18.4. The van der Waals surface area contributed by atoms with Gasteiger partial charge in [0.15, 0.2) is 0 Å². The van der Waals surface area contributed by atoms with Gasteiger partial charge in [0.25, 0.3) is 5.56 Å². The molecule has 2 heterocycles. The van der Waals surface area contributed by atoms with Gasteiger partial charge in [-0.05, 0) is 59.3 Å². The highest BCUT2D eigenvalue weighted by atomic mass is 32.7. The van der Waals surface area contributed by atoms with Gasteiger partial charge in [-0.25, -0.2) is 9.36 Å². The van der Waals surface area contributed by atoms with Crippen LogP contribution in [0.4, 0.5) is 0 Å². The minimum atomic E-state index is -3.87. The summed E-state index contributed by atoms with van der Waals surface area (Å²) in [6, 6.07) is 26.8. The van der Waals surface area contributed by atoms with E-state index in [0.717, 1.165) is 28.1 Å². The maximum Gasteiger partial charge on any atom is 0.389 e. The Morgan fingerprint density at radius 1 is 1.02 bits per heavy atom. The van der Waals surface area contributed by atoms with Crippen molar-refractivity contribution in [3.63, 3.8) is 0 Å². The first-order chi connectivity index (χ1) is 24.7. The number of aromatic nitrogens is 2. The molecule has 1 unspecified atom stereocenters. The van der Waals surface area contributed by atoms with Gasteiger partial charge >= 0.3 is 12.5 Å². The zero-order chi connectivity index (χ0) is 36.4. The Balaban J connectivity index is 1.59. The predicted octanol–water partition coefficient (Wildman–Crippen LogP) is 6.50. The number of nitriles is 1. The molecule has 0 spiro atoms. The Labute approximate surface area is 300 Å². The van der Waals surface area contributed by atoms with Crippen LogP contribution in [-0.4, -0.2) is 54.9 Å². The van der Waals surface area contributed by atoms with Crippen molar-refractivity contribution in [2.45, 2.75) is 43.8 Å². The molecule has 0 saturated carbocycles. The second-order valence-electron chi connectivity index (χ2n) is 11.6. The van der Waals surface area contributed by atoms with Crippen LogP contribution in [0.1, 0.15) is 41.3 Å². The van der Waals surface area contributed by atoms with Crippen LogP contribution >= 0.6 is 18.2 Å². The molecule has 268 valence electrons. The molecule has 4 atom stereocenters. The summed E-state index contributed by atoms with van der Waals surface area (Å²) in [5.41, 5.74) is 0.306. The molecule has 1 aromatic heterocycles. The van der Waals surface area contributed by atoms with E-state index in [4.69, 9.17) is 33.3 Å². The van der Waals surface area contributed by atoms with Gasteiger partial charge in [-0.2, -0.15) is 5.26 Å². The summed E-state index contributed by atoms with van der Waals surface area (Å²) in [5, 5.41) is 9.09. The molecule has 1 N–H and O–H groups in total. The van der Waals surface area contributed by atoms with E-state index in [1.165, 1.54) is 10.8 Å². The number of nitrogens with zero attached hydrogens (tertiary/aromatic N) is 2. The Kier molecular flexibility index (Phi) is 12.8. The number of methoxy groups -OCH3 is 2. The summed E-state index contributed by atoms with van der Waals surface area (Å²) in [5.74, 6) is 1.58. The average Bonchev–Trinajstić information content (AvgIpc) is 3.55. The highest BCUT2D eigenvalue weighted by Gasteiger charge is 2.45. The molecule has 1 aliphatic heterocycles. The van der Waals surface area contributed by atoms with Gasteiger partial charge in [-0.1, -0.05) is 60.7 Å². The topological polar surface area (TPSA) is 151 Å². The van der Waals surface area contributed by atoms with Crippen molar-refractivity contribution in [3.8, 4) is 17.6 Å². The zero-order valence-electron chi connectivity index (χ0n) is 28.6. The largest absolute Gasteiger partial charge is 0.497 e. The molecule has 0 radical (unpaired) electrons. The molecule has 5 rings (SSSR count). The summed E-state index contributed by atoms with van der Waals surface area (Å²) >= 11 is 0.936. The van der Waals surface area contributed by atoms with Crippen molar-refractivity contribution in [3.05, 3.63) is 141 Å². The van der Waals surface area contributed by atoms with E-state index >= 15 is 0 Å². The fourth-order valence-corrected chi connectivity index (χ4v) is 9.00. The summed E-state index contributed by atoms with van der Waals surface area (Å²) in [4.78, 5) is 27.5. The van der Waals surface area contributed by atoms with E-state index in [9.17, 15) is 14.2 Å². The van der Waals surface area contributed by atoms with Crippen LogP contribution in [0.15, 0.2) is 107 Å². The Morgan fingerprint density at radius 3 is 2.20 bits per heavy atom. The summed E-state index contributed by atoms with van der Waals surface area (Å²) in [6.07, 6.45) is 0.382. The molecule has 3 aromatic carbocycles. The molecule has 0 bridgehead atoms. The first kappa shape index (κ1) is 37.8. The van der Waals surface area contributed by atoms with Crippen LogP contribution in [0.25, 0.3) is 0 Å². The van der Waals surface area contributed by atoms with Crippen LogP contribution in [0.5, 0.6) is 11.5 Å². The quantitative estimate of drug-likeness (QED) is 0.0548. The van der Waals surface area contributed by atoms with Crippen LogP contribution in [0.3, 0.4) is 0 Å². The molecule has 0 aliphatic carbocycles. The first-order valence-electron chi connectivity index (χ1n) is 16.2. The molecule has 1 aliphatic rings. The van der Waals surface area contributed by atoms with Gasteiger partial charge in [0, 0.05) is 23.9 Å². The molecule has 12 nitrogen and oxygen atoms in total. The Hall–Kier alpha value is -4.41. The van der Waals surface area contributed by atoms with E-state index in [-0.39, 0.29) is 31.8 Å². The molecule has 0 amide bonds. The third-order valence-corrected chi connectivity index (χ3v) is 12.1. The van der Waals surface area contributed by atoms with Crippen LogP contribution in [0, 0.1) is 18.3 Å². The number of nitrogens with one attached hydrogen (secondary N) is 1. The average molecular weight is 734 g/mol. The molecule has 4 aromatic rings. The van der Waals surface area contributed by atoms with E-state index in [2.05, 4.69) is 11.6 Å². The van der Waals surface area contributed by atoms with Gasteiger partial charge in [-0.3, -0.25) is 23.4 Å². The van der Waals surface area contributed by atoms with E-state index in [1.807, 2.05) is 84.9 Å². The summed E-state index contributed by atoms with van der Waals surface area (Å²) in [7, 11) is 3.19. The molecule has 14 heteroatoms. The van der Waals surface area contributed by atoms with E-state index < -0.39 is 42.1 Å². The minimum Gasteiger partial charge on any atom is -0.497 e. The van der Waals surface area contributed by atoms with Gasteiger partial charge in [-0.15, -0.1) is 6.58 Å². The van der Waals surface area contributed by atoms with Crippen LogP contribution < -0.4 is 20.7 Å². The van der Waals surface area contributed by atoms with Gasteiger partial charge < -0.3 is 18.9 Å². The number of H-pyrrole nitrogens is 1. The van der Waals surface area contributed by atoms with Crippen LogP contribution in [-0.2, 0) is 28.7 Å². The highest BCUT2D eigenvalue weighted by Crippen LogP contribution is 2.62. The lowest BCUT2D eigenvalue weighted by molar-refractivity contribution is -0.0922. The second-order valence-corrected chi connectivity index (χ2v) is 15.6. The van der Waals surface area contributed by atoms with Gasteiger partial charge in [0.2, 0.25) is 0 Å². The number of rotatable bonds is 17. The monoisotopic (exact) mass is 733 g/mol. The molecular formula is C37H40N3O9PS. The maximum absolute atomic E-state index is 14.1. The SMILES string of the molecule is C=CCSP(=O)(OCCC#N)O[C@H]1C[C@H](n2cc(C)c(=O)[nH]c2=O)O[C@@H]1COC(c1ccccc1)(c1ccc(OC)cc1)c1ccc(OC)cc1. The first-order valence-corrected chi connectivity index (χ1v) is 19.3. The number of aryl methyl sites for hydroxylation is 1. The number of benzene rings is 3. The van der Waals surface area contributed by atoms with Crippen molar-refractivity contribution >= 4 is 18.2 Å². The third kappa shape index (κ3) is 8.73. The van der Waals surface area contributed by atoms with E-state index in [1.54, 1.807) is 27.2 Å². The van der Waals surface area contributed by atoms with Crippen LogP contribution in [0.2, 0.25) is 0 Å². The van der Waals surface area contributed by atoms with Crippen molar-refractivity contribution < 1.29 is 32.6 Å². The lowest BCUT2D eigenvalue weighted by atomic mass is 9.80. The minimum absolute atomic E-state index is 0.00764. The zero-order valence-corrected chi connectivity index (χ0v) is 30.3. The van der Waals surface area contributed by atoms with E-state index in [0.29, 0.717) is 17.1 Å². The third-order valence-electron chi connectivity index (χ3n) is 8.35. The molecule has 1 fully saturated rings. The van der Waals surface area contributed by atoms with Crippen molar-refractivity contribution in [1.82, 2.24) is 9.55 Å². The molecular weight excluding hydrogens is 693 g/mol. The lowest BCUT2D eigenvalue weighted by Gasteiger charge is -2.37. The van der Waals surface area contributed by atoms with Gasteiger partial charge in [0.1, 0.15) is 35.5 Å². The number of ether oxygens (including phenoxy) is 4. The Bertz CT molecular complexity index is 1930. The Morgan fingerprint density at radius 2 is 1.63 bits per heavy atom. The second kappa shape index (κ2) is 17.2. The lowest BCUT2D eigenvalue weighted by Crippen LogP contribution is -2.38. The fraction of sp³-hybridized carbons (Fsp3) is 0.324. The standard InChI is InChI=1S/C37H40N3O9PS/c1-5-22-51-50(43,47-21-9-20-38)49-32-23-34(40-24-26(2)35(41)39-36(40)42)48-33(32)25-46-37(27-10-7-6-8-11-27,28-12-16-30(44-3)17-13-28)29-14-18-31(45-4)19-15-29/h5-8,10-19,24,32-34H,1,9,21-23,25H2,2-4H3,(H,39,41,42)/t32-,33+,34+,50?/m0/s1. The number of hydrogen-bond acceptors (Lipinski definition) is 11. The van der Waals surface area contributed by atoms with Gasteiger partial charge in [0.05, 0.1) is 39.9 Å². The molecule has 51 heavy (non-hydrogen) atoms. The van der Waals surface area contributed by atoms with Crippen molar-refractivity contribution in [2.75, 3.05) is 33.2 Å². The highest BCUT2D eigenvalue weighted by molar-refractivity contribution is 8.55. The summed E-state index contributed by atoms with van der Waals surface area (Å²) in [6.45, 7) is 1.22. The van der Waals surface area contributed by atoms with Crippen molar-refractivity contribution in [2.24, 2.45) is 0 Å².